The van der Waals surface area contributed by atoms with Gasteiger partial charge in [0.25, 0.3) is 0 Å². The van der Waals surface area contributed by atoms with Crippen LogP contribution in [0.1, 0.15) is 45.0 Å². The first-order chi connectivity index (χ1) is 8.79. The molecule has 4 nitrogen and oxygen atoms in total. The van der Waals surface area contributed by atoms with E-state index >= 15 is 0 Å². The Morgan fingerprint density at radius 1 is 1.53 bits per heavy atom. The number of nitrogens with zero attached hydrogens (tertiary/aromatic N) is 2. The van der Waals surface area contributed by atoms with Crippen molar-refractivity contribution in [2.24, 2.45) is 0 Å². The first-order valence-electron chi connectivity index (χ1n) is 6.01. The first kappa shape index (κ1) is 16.5. The van der Waals surface area contributed by atoms with E-state index in [1.165, 1.54) is 11.8 Å². The van der Waals surface area contributed by atoms with Crippen molar-refractivity contribution in [2.45, 2.75) is 43.6 Å². The van der Waals surface area contributed by atoms with Crippen LogP contribution >= 0.6 is 11.8 Å². The van der Waals surface area contributed by atoms with Gasteiger partial charge in [-0.1, -0.05) is 18.3 Å². The summed E-state index contributed by atoms with van der Waals surface area (Å²) >= 11 is 0.356. The van der Waals surface area contributed by atoms with Crippen LogP contribution in [-0.4, -0.2) is 25.5 Å². The minimum atomic E-state index is -1.13. The van der Waals surface area contributed by atoms with E-state index in [1.807, 2.05) is 34.0 Å². The zero-order chi connectivity index (χ0) is 14.6. The van der Waals surface area contributed by atoms with E-state index in [0.717, 1.165) is 11.3 Å². The molecule has 1 N–H and O–H groups in total. The van der Waals surface area contributed by atoms with Gasteiger partial charge < -0.3 is 4.55 Å². The summed E-state index contributed by atoms with van der Waals surface area (Å²) in [5.41, 5.74) is 1.69. The van der Waals surface area contributed by atoms with Crippen molar-refractivity contribution in [3.05, 3.63) is 24.0 Å². The Morgan fingerprint density at radius 3 is 2.63 bits per heavy atom. The second-order valence-corrected chi connectivity index (χ2v) is 7.89. The van der Waals surface area contributed by atoms with Crippen LogP contribution in [0.3, 0.4) is 0 Å². The maximum absolute atomic E-state index is 12.1. The maximum Gasteiger partial charge on any atom is 0.187 e. The van der Waals surface area contributed by atoms with E-state index in [0.29, 0.717) is 5.16 Å². The van der Waals surface area contributed by atoms with E-state index in [4.69, 9.17) is 0 Å². The van der Waals surface area contributed by atoms with Gasteiger partial charge in [-0.15, -0.1) is 4.72 Å². The molecule has 0 amide bonds. The van der Waals surface area contributed by atoms with Crippen molar-refractivity contribution in [1.29, 1.82) is 0 Å². The molecule has 0 aliphatic heterocycles. The van der Waals surface area contributed by atoms with E-state index in [9.17, 15) is 4.55 Å². The lowest BCUT2D eigenvalue weighted by Gasteiger charge is -2.26. The Kier molecular flexibility index (Phi) is 5.85. The Morgan fingerprint density at radius 2 is 2.16 bits per heavy atom. The summed E-state index contributed by atoms with van der Waals surface area (Å²) in [4.78, 5) is 8.66. The summed E-state index contributed by atoms with van der Waals surface area (Å²) in [5.74, 6) is 0. The molecule has 0 saturated carbocycles. The Balaban J connectivity index is 2.93. The highest BCUT2D eigenvalue weighted by atomic mass is 32.2. The smallest absolute Gasteiger partial charge is 0.187 e. The lowest BCUT2D eigenvalue weighted by atomic mass is 10.1. The summed E-state index contributed by atoms with van der Waals surface area (Å²) in [6.07, 6.45) is 5.40. The summed E-state index contributed by atoms with van der Waals surface area (Å²) in [7, 11) is 0. The van der Waals surface area contributed by atoms with Crippen LogP contribution in [0, 0.1) is 0 Å². The highest BCUT2D eigenvalue weighted by Crippen LogP contribution is 2.22. The molecule has 6 heteroatoms. The molecule has 1 unspecified atom stereocenters. The molecule has 0 aliphatic carbocycles. The molecule has 106 valence electrons. The molecule has 0 saturated heterocycles. The fraction of sp³-hybridized carbons (Fsp3) is 0.538. The van der Waals surface area contributed by atoms with Gasteiger partial charge in [-0.05, 0) is 40.0 Å². The summed E-state index contributed by atoms with van der Waals surface area (Å²) < 4.78 is 14.9. The van der Waals surface area contributed by atoms with Crippen LogP contribution in [0.4, 0.5) is 0 Å². The number of rotatable bonds is 5. The van der Waals surface area contributed by atoms with Crippen molar-refractivity contribution in [3.63, 3.8) is 0 Å². The molecular weight excluding hydrogens is 278 g/mol. The molecule has 0 fully saturated rings. The van der Waals surface area contributed by atoms with Gasteiger partial charge in [-0.2, -0.15) is 0 Å². The molecule has 0 aromatic carbocycles. The normalized spacial score (nSPS) is 15.1. The molecule has 1 rings (SSSR count). The minimum Gasteiger partial charge on any atom is -0.598 e. The van der Waals surface area contributed by atoms with Crippen molar-refractivity contribution in [1.82, 2.24) is 14.7 Å². The Bertz CT molecular complexity index is 446. The predicted molar refractivity (Wildman–Crippen MR) is 83.4 cm³/mol. The monoisotopic (exact) mass is 299 g/mol. The standard InChI is InChI=1S/C13H21N3OS2/c1-7-11-10(8-14-12(15-11)18-6)9(2)16-19(17)13(3,4)5/h7-9,16H,1H2,2-6H3/t9-,19?/m0/s1. The number of hydrogen-bond acceptors (Lipinski definition) is 5. The second kappa shape index (κ2) is 6.74. The largest absolute Gasteiger partial charge is 0.598 e. The lowest BCUT2D eigenvalue weighted by molar-refractivity contribution is 0.530. The van der Waals surface area contributed by atoms with Gasteiger partial charge in [-0.3, -0.25) is 0 Å². The zero-order valence-electron chi connectivity index (χ0n) is 12.1. The number of thioether (sulfide) groups is 1. The van der Waals surface area contributed by atoms with E-state index in [2.05, 4.69) is 21.3 Å². The van der Waals surface area contributed by atoms with Crippen molar-refractivity contribution >= 4 is 29.2 Å². The average Bonchev–Trinajstić information content (AvgIpc) is 2.36. The summed E-state index contributed by atoms with van der Waals surface area (Å²) in [5, 5.41) is 0.711. The van der Waals surface area contributed by atoms with Crippen LogP contribution in [0.15, 0.2) is 17.9 Å². The van der Waals surface area contributed by atoms with Crippen LogP contribution in [0.2, 0.25) is 0 Å². The van der Waals surface area contributed by atoms with Crippen LogP contribution in [0.25, 0.3) is 6.08 Å². The highest BCUT2D eigenvalue weighted by molar-refractivity contribution is 7.98. The molecule has 0 radical (unpaired) electrons. The van der Waals surface area contributed by atoms with Crippen molar-refractivity contribution in [2.75, 3.05) is 6.26 Å². The molecule has 1 heterocycles. The fourth-order valence-electron chi connectivity index (χ4n) is 1.38. The molecule has 1 aromatic heterocycles. The maximum atomic E-state index is 12.1. The molecule has 0 bridgehead atoms. The lowest BCUT2D eigenvalue weighted by Crippen LogP contribution is -2.40. The van der Waals surface area contributed by atoms with Gasteiger partial charge in [0.1, 0.15) is 4.75 Å². The molecule has 1 aromatic rings. The van der Waals surface area contributed by atoms with Gasteiger partial charge in [-0.25, -0.2) is 9.97 Å². The fourth-order valence-corrected chi connectivity index (χ4v) is 2.53. The topological polar surface area (TPSA) is 60.9 Å². The Hall–Kier alpha value is -0.560. The predicted octanol–water partition coefficient (Wildman–Crippen LogP) is 2.95. The highest BCUT2D eigenvalue weighted by Gasteiger charge is 2.29. The number of nitrogens with one attached hydrogen (secondary N) is 1. The quantitative estimate of drug-likeness (QED) is 0.514. The minimum absolute atomic E-state index is 0.0936. The van der Waals surface area contributed by atoms with Crippen LogP contribution in [-0.2, 0) is 11.4 Å². The van der Waals surface area contributed by atoms with Crippen LogP contribution in [0.5, 0.6) is 0 Å². The molecule has 2 atom stereocenters. The molecule has 19 heavy (non-hydrogen) atoms. The van der Waals surface area contributed by atoms with Gasteiger partial charge in [0.2, 0.25) is 0 Å². The van der Waals surface area contributed by atoms with Crippen molar-refractivity contribution in [3.8, 4) is 0 Å². The van der Waals surface area contributed by atoms with E-state index in [1.54, 1.807) is 12.3 Å². The number of aromatic nitrogens is 2. The third-order valence-corrected chi connectivity index (χ3v) is 4.75. The third-order valence-electron chi connectivity index (χ3n) is 2.51. The van der Waals surface area contributed by atoms with E-state index in [-0.39, 0.29) is 10.8 Å². The molecule has 0 aliphatic rings. The Labute approximate surface area is 122 Å². The third kappa shape index (κ3) is 4.49. The number of hydrogen-bond donors (Lipinski definition) is 1. The molecule has 0 spiro atoms. The van der Waals surface area contributed by atoms with Crippen molar-refractivity contribution < 1.29 is 4.55 Å². The zero-order valence-corrected chi connectivity index (χ0v) is 13.7. The first-order valence-corrected chi connectivity index (χ1v) is 8.38. The summed E-state index contributed by atoms with van der Waals surface area (Å²) in [6, 6.07) is -0.0936. The molecular formula is C13H21N3OS2. The van der Waals surface area contributed by atoms with Gasteiger partial charge in [0, 0.05) is 23.1 Å². The van der Waals surface area contributed by atoms with Gasteiger partial charge >= 0.3 is 0 Å². The SMILES string of the molecule is C=Cc1nc(SC)ncc1[C@H](C)N[S+]([O-])C(C)(C)C. The van der Waals surface area contributed by atoms with Gasteiger partial charge in [0.05, 0.1) is 11.7 Å². The van der Waals surface area contributed by atoms with Gasteiger partial charge in [0.15, 0.2) is 5.16 Å². The van der Waals surface area contributed by atoms with Crippen LogP contribution < -0.4 is 4.72 Å². The average molecular weight is 299 g/mol. The summed E-state index contributed by atoms with van der Waals surface area (Å²) in [6.45, 7) is 11.5. The van der Waals surface area contributed by atoms with E-state index < -0.39 is 11.4 Å². The second-order valence-electron chi connectivity index (χ2n) is 5.12.